The molecule has 122 valence electrons. The number of fused-ring (bicyclic) bond motifs is 1. The van der Waals surface area contributed by atoms with Crippen molar-refractivity contribution in [3.63, 3.8) is 0 Å². The van der Waals surface area contributed by atoms with E-state index in [1.807, 2.05) is 54.6 Å². The van der Waals surface area contributed by atoms with Crippen LogP contribution in [0, 0.1) is 0 Å². The van der Waals surface area contributed by atoms with Crippen molar-refractivity contribution in [3.05, 3.63) is 66.4 Å². The molecule has 3 aromatic rings. The fraction of sp³-hybridized carbons (Fsp3) is 0.200. The molecule has 2 N–H and O–H groups in total. The van der Waals surface area contributed by atoms with Gasteiger partial charge in [-0.25, -0.2) is 4.79 Å². The molecule has 0 saturated carbocycles. The summed E-state index contributed by atoms with van der Waals surface area (Å²) in [6, 6.07) is 17.2. The first-order valence-corrected chi connectivity index (χ1v) is 7.96. The molecule has 24 heavy (non-hydrogen) atoms. The Morgan fingerprint density at radius 3 is 2.33 bits per heavy atom. The van der Waals surface area contributed by atoms with Crippen molar-refractivity contribution in [2.24, 2.45) is 0 Å². The molecule has 0 unspecified atom stereocenters. The molecule has 0 aliphatic rings. The zero-order chi connectivity index (χ0) is 17.2. The minimum atomic E-state index is -0.281. The lowest BCUT2D eigenvalue weighted by atomic mass is 9.87. The van der Waals surface area contributed by atoms with Gasteiger partial charge in [-0.1, -0.05) is 51.1 Å². The van der Waals surface area contributed by atoms with E-state index in [9.17, 15) is 4.79 Å². The molecule has 0 atom stereocenters. The van der Waals surface area contributed by atoms with Crippen LogP contribution in [0.3, 0.4) is 0 Å². The molecule has 0 saturated heterocycles. The van der Waals surface area contributed by atoms with Crippen LogP contribution >= 0.6 is 0 Å². The fourth-order valence-corrected chi connectivity index (χ4v) is 2.54. The minimum absolute atomic E-state index is 0.0927. The number of nitrogens with one attached hydrogen (secondary N) is 2. The van der Waals surface area contributed by atoms with E-state index in [1.54, 1.807) is 6.20 Å². The van der Waals surface area contributed by atoms with Crippen molar-refractivity contribution < 1.29 is 4.79 Å². The van der Waals surface area contributed by atoms with E-state index in [0.29, 0.717) is 5.69 Å². The fourth-order valence-electron chi connectivity index (χ4n) is 2.54. The number of amides is 2. The summed E-state index contributed by atoms with van der Waals surface area (Å²) in [6.45, 7) is 6.49. The summed E-state index contributed by atoms with van der Waals surface area (Å²) in [4.78, 5) is 16.6. The van der Waals surface area contributed by atoms with Gasteiger partial charge in [0.25, 0.3) is 0 Å². The van der Waals surface area contributed by atoms with Crippen LogP contribution in [0.5, 0.6) is 0 Å². The first-order chi connectivity index (χ1) is 11.4. The number of para-hydroxylation sites is 1. The van der Waals surface area contributed by atoms with Gasteiger partial charge in [0.15, 0.2) is 0 Å². The Labute approximate surface area is 141 Å². The third-order valence-corrected chi connectivity index (χ3v) is 3.89. The number of hydrogen-bond donors (Lipinski definition) is 2. The molecule has 0 fully saturated rings. The number of carbonyl (C=O) groups is 1. The molecule has 3 rings (SSSR count). The van der Waals surface area contributed by atoms with Crippen molar-refractivity contribution in [3.8, 4) is 0 Å². The first-order valence-electron chi connectivity index (χ1n) is 7.96. The number of benzene rings is 2. The summed E-state index contributed by atoms with van der Waals surface area (Å²) < 4.78 is 0. The largest absolute Gasteiger partial charge is 0.323 e. The topological polar surface area (TPSA) is 54.0 Å². The van der Waals surface area contributed by atoms with Crippen LogP contribution < -0.4 is 10.6 Å². The molecule has 0 aliphatic heterocycles. The third-order valence-electron chi connectivity index (χ3n) is 3.89. The monoisotopic (exact) mass is 319 g/mol. The number of urea groups is 1. The molecule has 1 aromatic heterocycles. The van der Waals surface area contributed by atoms with E-state index in [4.69, 9.17) is 0 Å². The highest BCUT2D eigenvalue weighted by molar-refractivity contribution is 6.04. The Morgan fingerprint density at radius 2 is 1.62 bits per heavy atom. The van der Waals surface area contributed by atoms with E-state index in [2.05, 4.69) is 36.4 Å². The molecule has 0 bridgehead atoms. The molecule has 0 radical (unpaired) electrons. The van der Waals surface area contributed by atoms with Crippen molar-refractivity contribution in [2.75, 3.05) is 10.6 Å². The standard InChI is InChI=1S/C20H21N3O/c1-20(2,3)15-9-11-16(12-10-15)22-19(24)23-17-8-4-6-14-7-5-13-21-18(14)17/h4-13H,1-3H3,(H2,22,23,24). The summed E-state index contributed by atoms with van der Waals surface area (Å²) in [5.41, 5.74) is 3.55. The van der Waals surface area contributed by atoms with Crippen molar-refractivity contribution in [2.45, 2.75) is 26.2 Å². The second kappa shape index (κ2) is 6.32. The molecule has 0 aliphatic carbocycles. The smallest absolute Gasteiger partial charge is 0.308 e. The van der Waals surface area contributed by atoms with Gasteiger partial charge in [-0.2, -0.15) is 0 Å². The molecule has 2 amide bonds. The van der Waals surface area contributed by atoms with E-state index < -0.39 is 0 Å². The molecule has 2 aromatic carbocycles. The van der Waals surface area contributed by atoms with E-state index in [0.717, 1.165) is 16.6 Å². The average molecular weight is 319 g/mol. The number of nitrogens with zero attached hydrogens (tertiary/aromatic N) is 1. The maximum absolute atomic E-state index is 12.3. The van der Waals surface area contributed by atoms with Gasteiger partial charge in [-0.3, -0.25) is 4.98 Å². The highest BCUT2D eigenvalue weighted by atomic mass is 16.2. The Kier molecular flexibility index (Phi) is 4.21. The zero-order valence-electron chi connectivity index (χ0n) is 14.1. The van der Waals surface area contributed by atoms with Gasteiger partial charge in [0, 0.05) is 17.3 Å². The average Bonchev–Trinajstić information content (AvgIpc) is 2.55. The lowest BCUT2D eigenvalue weighted by Crippen LogP contribution is -2.20. The number of hydrogen-bond acceptors (Lipinski definition) is 2. The normalized spacial score (nSPS) is 11.3. The molecule has 0 spiro atoms. The highest BCUT2D eigenvalue weighted by Gasteiger charge is 2.13. The Hall–Kier alpha value is -2.88. The number of pyridine rings is 1. The predicted octanol–water partition coefficient (Wildman–Crippen LogP) is 5.18. The number of aromatic nitrogens is 1. The van der Waals surface area contributed by atoms with E-state index in [1.165, 1.54) is 5.56 Å². The van der Waals surface area contributed by atoms with Gasteiger partial charge in [-0.05, 0) is 35.2 Å². The Bertz CT molecular complexity index is 859. The van der Waals surface area contributed by atoms with Crippen molar-refractivity contribution in [1.82, 2.24) is 4.98 Å². The van der Waals surface area contributed by atoms with Crippen LogP contribution in [0.2, 0.25) is 0 Å². The number of anilines is 2. The SMILES string of the molecule is CC(C)(C)c1ccc(NC(=O)Nc2cccc3cccnc23)cc1. The third kappa shape index (κ3) is 3.54. The van der Waals surface area contributed by atoms with E-state index in [-0.39, 0.29) is 11.4 Å². The molecule has 4 nitrogen and oxygen atoms in total. The number of rotatable bonds is 2. The van der Waals surface area contributed by atoms with Crippen LogP contribution in [0.1, 0.15) is 26.3 Å². The molecular weight excluding hydrogens is 298 g/mol. The van der Waals surface area contributed by atoms with Gasteiger partial charge < -0.3 is 10.6 Å². The summed E-state index contributed by atoms with van der Waals surface area (Å²) in [5.74, 6) is 0. The van der Waals surface area contributed by atoms with Crippen molar-refractivity contribution in [1.29, 1.82) is 0 Å². The maximum atomic E-state index is 12.3. The molecular formula is C20H21N3O. The van der Waals surface area contributed by atoms with Crippen molar-refractivity contribution >= 4 is 28.3 Å². The first kappa shape index (κ1) is 16.0. The van der Waals surface area contributed by atoms with E-state index >= 15 is 0 Å². The zero-order valence-corrected chi connectivity index (χ0v) is 14.1. The molecule has 4 heteroatoms. The van der Waals surface area contributed by atoms with Crippen LogP contribution in [0.4, 0.5) is 16.2 Å². The van der Waals surface area contributed by atoms with Gasteiger partial charge in [0.05, 0.1) is 11.2 Å². The van der Waals surface area contributed by atoms with Gasteiger partial charge >= 0.3 is 6.03 Å². The summed E-state index contributed by atoms with van der Waals surface area (Å²) in [6.07, 6.45) is 1.72. The second-order valence-electron chi connectivity index (χ2n) is 6.79. The lowest BCUT2D eigenvalue weighted by Gasteiger charge is -2.19. The predicted molar refractivity (Wildman–Crippen MR) is 99.5 cm³/mol. The summed E-state index contributed by atoms with van der Waals surface area (Å²) in [7, 11) is 0. The Morgan fingerprint density at radius 1 is 0.917 bits per heavy atom. The minimum Gasteiger partial charge on any atom is -0.308 e. The van der Waals surface area contributed by atoms with Crippen LogP contribution in [0.25, 0.3) is 10.9 Å². The van der Waals surface area contributed by atoms with Crippen LogP contribution in [-0.2, 0) is 5.41 Å². The quantitative estimate of drug-likeness (QED) is 0.684. The summed E-state index contributed by atoms with van der Waals surface area (Å²) in [5, 5.41) is 6.71. The number of carbonyl (C=O) groups excluding carboxylic acids is 1. The second-order valence-corrected chi connectivity index (χ2v) is 6.79. The van der Waals surface area contributed by atoms with Crippen LogP contribution in [-0.4, -0.2) is 11.0 Å². The lowest BCUT2D eigenvalue weighted by molar-refractivity contribution is 0.262. The maximum Gasteiger partial charge on any atom is 0.323 e. The Balaban J connectivity index is 1.73. The van der Waals surface area contributed by atoms with Crippen LogP contribution in [0.15, 0.2) is 60.8 Å². The summed E-state index contributed by atoms with van der Waals surface area (Å²) >= 11 is 0. The van der Waals surface area contributed by atoms with Gasteiger partial charge in [-0.15, -0.1) is 0 Å². The highest BCUT2D eigenvalue weighted by Crippen LogP contribution is 2.24. The molecule has 1 heterocycles. The van der Waals surface area contributed by atoms with Gasteiger partial charge in [0.1, 0.15) is 0 Å². The van der Waals surface area contributed by atoms with Gasteiger partial charge in [0.2, 0.25) is 0 Å².